The van der Waals surface area contributed by atoms with Gasteiger partial charge in [0.15, 0.2) is 11.3 Å². The molecule has 8 heteroatoms. The van der Waals surface area contributed by atoms with E-state index in [-0.39, 0.29) is 6.61 Å². The molecule has 0 radical (unpaired) electrons. The van der Waals surface area contributed by atoms with Gasteiger partial charge in [0.2, 0.25) is 0 Å². The van der Waals surface area contributed by atoms with Gasteiger partial charge in [-0.25, -0.2) is 5.43 Å². The molecule has 1 heterocycles. The van der Waals surface area contributed by atoms with Gasteiger partial charge in [0.25, 0.3) is 0 Å². The van der Waals surface area contributed by atoms with Crippen LogP contribution in [0.15, 0.2) is 0 Å². The average Bonchev–Trinajstić information content (AvgIpc) is 2.24. The summed E-state index contributed by atoms with van der Waals surface area (Å²) in [6.45, 7) is -0.0493. The maximum atomic E-state index is 9.56. The third-order valence-corrected chi connectivity index (χ3v) is 2.70. The number of aliphatic hydroxyl groups excluding tert-OH is 3. The molecule has 1 fully saturated rings. The Bertz CT molecular complexity index is 253. The Kier molecular flexibility index (Phi) is 4.84. The normalized spacial score (nSPS) is 34.6. The van der Waals surface area contributed by atoms with Gasteiger partial charge in [-0.2, -0.15) is 0 Å². The van der Waals surface area contributed by atoms with Crippen LogP contribution in [0, 0.1) is 0 Å². The molecule has 0 aromatic rings. The molecule has 0 amide bonds. The molecule has 0 unspecified atom stereocenters. The summed E-state index contributed by atoms with van der Waals surface area (Å²) < 4.78 is 5.09. The van der Waals surface area contributed by atoms with E-state index in [4.69, 9.17) is 17.0 Å². The fourth-order valence-electron chi connectivity index (χ4n) is 1.18. The molecule has 16 heavy (non-hydrogen) atoms. The average molecular weight is 251 g/mol. The minimum atomic E-state index is -1.24. The van der Waals surface area contributed by atoms with E-state index < -0.39 is 24.5 Å². The fourth-order valence-corrected chi connectivity index (χ4v) is 1.24. The zero-order valence-corrected chi connectivity index (χ0v) is 9.94. The van der Waals surface area contributed by atoms with Crippen LogP contribution in [0.5, 0.6) is 0 Å². The quantitative estimate of drug-likeness (QED) is 0.269. The summed E-state index contributed by atoms with van der Waals surface area (Å²) >= 11 is 4.94. The van der Waals surface area contributed by atoms with Gasteiger partial charge >= 0.3 is 0 Å². The number of nitrogens with zero attached hydrogens (tertiary/aromatic N) is 1. The number of rotatable bonds is 2. The highest BCUT2D eigenvalue weighted by atomic mass is 32.1. The summed E-state index contributed by atoms with van der Waals surface area (Å²) in [5.41, 5.74) is 5.27. The van der Waals surface area contributed by atoms with Crippen molar-refractivity contribution in [2.75, 3.05) is 20.7 Å². The Hall–Kier alpha value is -0.510. The van der Waals surface area contributed by atoms with Gasteiger partial charge in [0.1, 0.15) is 18.3 Å². The summed E-state index contributed by atoms with van der Waals surface area (Å²) in [7, 11) is 3.52. The third-order valence-electron chi connectivity index (χ3n) is 2.23. The van der Waals surface area contributed by atoms with Gasteiger partial charge in [-0.1, -0.05) is 0 Å². The molecule has 1 aliphatic heterocycles. The Morgan fingerprint density at radius 3 is 2.50 bits per heavy atom. The molecule has 94 valence electrons. The van der Waals surface area contributed by atoms with Gasteiger partial charge < -0.3 is 25.0 Å². The van der Waals surface area contributed by atoms with Gasteiger partial charge in [-0.3, -0.25) is 5.43 Å². The fraction of sp³-hybridized carbons (Fsp3) is 0.875. The van der Waals surface area contributed by atoms with Crippen LogP contribution < -0.4 is 10.9 Å². The lowest BCUT2D eigenvalue weighted by Gasteiger charge is -2.35. The zero-order valence-electron chi connectivity index (χ0n) is 9.12. The Labute approximate surface area is 99.0 Å². The van der Waals surface area contributed by atoms with Crippen molar-refractivity contribution in [2.45, 2.75) is 24.5 Å². The largest absolute Gasteiger partial charge is 0.388 e. The lowest BCUT2D eigenvalue weighted by atomic mass is 10.1. The Morgan fingerprint density at radius 2 is 1.94 bits per heavy atom. The minimum absolute atomic E-state index is 0.0493. The van der Waals surface area contributed by atoms with Crippen LogP contribution in [0.2, 0.25) is 0 Å². The van der Waals surface area contributed by atoms with E-state index in [1.54, 1.807) is 19.0 Å². The smallest absolute Gasteiger partial charge is 0.183 e. The van der Waals surface area contributed by atoms with Crippen molar-refractivity contribution in [2.24, 2.45) is 0 Å². The number of thiocarbonyl (C=S) groups is 1. The molecule has 7 nitrogen and oxygen atoms in total. The van der Waals surface area contributed by atoms with Gasteiger partial charge in [-0.15, -0.1) is 0 Å². The lowest BCUT2D eigenvalue weighted by Crippen LogP contribution is -2.61. The molecular formula is C8H17N3O4S. The van der Waals surface area contributed by atoms with E-state index in [0.717, 1.165) is 0 Å². The van der Waals surface area contributed by atoms with Crippen LogP contribution >= 0.6 is 12.2 Å². The summed E-state index contributed by atoms with van der Waals surface area (Å²) in [6.07, 6.45) is -4.35. The van der Waals surface area contributed by atoms with Crippen molar-refractivity contribution in [1.82, 2.24) is 15.8 Å². The molecule has 1 saturated heterocycles. The van der Waals surface area contributed by atoms with E-state index in [1.807, 2.05) is 0 Å². The van der Waals surface area contributed by atoms with Gasteiger partial charge in [-0.05, 0) is 12.2 Å². The molecule has 0 aromatic heterocycles. The Balaban J connectivity index is 2.40. The first kappa shape index (κ1) is 13.6. The number of hydrogen-bond donors (Lipinski definition) is 5. The SMILES string of the molecule is CN(C)C(=S)NN[C@@H]1OC[C@H](O)[C@@H](O)[C@H]1O. The first-order chi connectivity index (χ1) is 7.43. The van der Waals surface area contributed by atoms with Crippen molar-refractivity contribution in [1.29, 1.82) is 0 Å². The van der Waals surface area contributed by atoms with Crippen molar-refractivity contribution in [3.63, 3.8) is 0 Å². The molecule has 0 aliphatic carbocycles. The zero-order chi connectivity index (χ0) is 12.3. The standard InChI is InChI=1S/C8H17N3O4S/c1-11(2)8(16)10-9-7-6(14)5(13)4(12)3-15-7/h4-7,9,12-14H,3H2,1-2H3,(H,10,16)/t4-,5+,6+,7+/m0/s1. The highest BCUT2D eigenvalue weighted by Crippen LogP contribution is 2.12. The lowest BCUT2D eigenvalue weighted by molar-refractivity contribution is -0.196. The Morgan fingerprint density at radius 1 is 1.31 bits per heavy atom. The van der Waals surface area contributed by atoms with E-state index >= 15 is 0 Å². The molecule has 4 atom stereocenters. The van der Waals surface area contributed by atoms with Crippen LogP contribution in [0.25, 0.3) is 0 Å². The second kappa shape index (κ2) is 5.71. The molecule has 0 spiro atoms. The van der Waals surface area contributed by atoms with Crippen LogP contribution in [-0.4, -0.2) is 70.6 Å². The predicted molar refractivity (Wildman–Crippen MR) is 60.3 cm³/mol. The van der Waals surface area contributed by atoms with Crippen molar-refractivity contribution in [3.05, 3.63) is 0 Å². The van der Waals surface area contributed by atoms with Crippen molar-refractivity contribution >= 4 is 17.3 Å². The first-order valence-electron chi connectivity index (χ1n) is 4.82. The highest BCUT2D eigenvalue weighted by molar-refractivity contribution is 7.80. The van der Waals surface area contributed by atoms with Crippen molar-refractivity contribution in [3.8, 4) is 0 Å². The number of hydrogen-bond acceptors (Lipinski definition) is 6. The highest BCUT2D eigenvalue weighted by Gasteiger charge is 2.37. The van der Waals surface area contributed by atoms with E-state index in [9.17, 15) is 15.3 Å². The summed E-state index contributed by atoms with van der Waals surface area (Å²) in [4.78, 5) is 1.66. The summed E-state index contributed by atoms with van der Waals surface area (Å²) in [6, 6.07) is 0. The van der Waals surface area contributed by atoms with E-state index in [0.29, 0.717) is 5.11 Å². The maximum Gasteiger partial charge on any atom is 0.183 e. The third kappa shape index (κ3) is 3.24. The van der Waals surface area contributed by atoms with Crippen molar-refractivity contribution < 1.29 is 20.1 Å². The summed E-state index contributed by atoms with van der Waals surface area (Å²) in [5, 5.41) is 28.6. The molecular weight excluding hydrogens is 234 g/mol. The number of nitrogens with one attached hydrogen (secondary N) is 2. The molecule has 0 aromatic carbocycles. The molecule has 1 aliphatic rings. The number of aliphatic hydroxyl groups is 3. The van der Waals surface area contributed by atoms with Crippen LogP contribution in [0.4, 0.5) is 0 Å². The van der Waals surface area contributed by atoms with E-state index in [1.165, 1.54) is 0 Å². The number of ether oxygens (including phenoxy) is 1. The monoisotopic (exact) mass is 251 g/mol. The van der Waals surface area contributed by atoms with Crippen LogP contribution in [0.3, 0.4) is 0 Å². The second-order valence-electron chi connectivity index (χ2n) is 3.77. The van der Waals surface area contributed by atoms with E-state index in [2.05, 4.69) is 10.9 Å². The minimum Gasteiger partial charge on any atom is -0.388 e. The molecule has 5 N–H and O–H groups in total. The number of hydrazine groups is 1. The van der Waals surface area contributed by atoms with Crippen LogP contribution in [0.1, 0.15) is 0 Å². The molecule has 0 bridgehead atoms. The molecule has 1 rings (SSSR count). The first-order valence-corrected chi connectivity index (χ1v) is 5.23. The van der Waals surface area contributed by atoms with Gasteiger partial charge in [0, 0.05) is 14.1 Å². The summed E-state index contributed by atoms with van der Waals surface area (Å²) in [5.74, 6) is 0. The topological polar surface area (TPSA) is 97.2 Å². The second-order valence-corrected chi connectivity index (χ2v) is 4.16. The van der Waals surface area contributed by atoms with Crippen LogP contribution in [-0.2, 0) is 4.74 Å². The molecule has 0 saturated carbocycles. The predicted octanol–water partition coefficient (Wildman–Crippen LogP) is -2.63. The maximum absolute atomic E-state index is 9.56. The van der Waals surface area contributed by atoms with Gasteiger partial charge in [0.05, 0.1) is 6.61 Å².